The van der Waals surface area contributed by atoms with Crippen molar-refractivity contribution in [3.8, 4) is 11.8 Å². The molecule has 1 rings (SSSR count). The van der Waals surface area contributed by atoms with E-state index in [9.17, 15) is 18.0 Å². The quantitative estimate of drug-likeness (QED) is 0.848. The van der Waals surface area contributed by atoms with Gasteiger partial charge in [-0.3, -0.25) is 0 Å². The highest BCUT2D eigenvalue weighted by Crippen LogP contribution is 2.30. The second kappa shape index (κ2) is 5.58. The van der Waals surface area contributed by atoms with Crippen LogP contribution >= 0.6 is 0 Å². The summed E-state index contributed by atoms with van der Waals surface area (Å²) in [6.07, 6.45) is -4.95. The predicted molar refractivity (Wildman–Crippen MR) is 57.1 cm³/mol. The van der Waals surface area contributed by atoms with Crippen molar-refractivity contribution in [3.63, 3.8) is 0 Å². The Morgan fingerprint density at radius 3 is 2.53 bits per heavy atom. The number of esters is 1. The van der Waals surface area contributed by atoms with Crippen LogP contribution in [-0.4, -0.2) is 19.4 Å². The number of methoxy groups -OCH3 is 1. The summed E-state index contributed by atoms with van der Waals surface area (Å²) in [7, 11) is 1.06. The summed E-state index contributed by atoms with van der Waals surface area (Å²) < 4.78 is 44.9. The first-order chi connectivity index (χ1) is 8.82. The van der Waals surface area contributed by atoms with E-state index in [0.29, 0.717) is 0 Å². The summed E-state index contributed by atoms with van der Waals surface area (Å²) in [5.74, 6) is -1.57. The standard InChI is InChI=1S/C11H9F3N2O3/c1-18-10(17)6-2-7(4-15)8(5-16)9(3-6)19-11(12,13)14/h2-3H,5,16H2,1H3. The summed E-state index contributed by atoms with van der Waals surface area (Å²) in [6.45, 7) is -0.338. The Labute approximate surface area is 106 Å². The average molecular weight is 274 g/mol. The number of carbonyl (C=O) groups is 1. The maximum absolute atomic E-state index is 12.2. The van der Waals surface area contributed by atoms with Crippen molar-refractivity contribution in [2.45, 2.75) is 12.9 Å². The van der Waals surface area contributed by atoms with Crippen LogP contribution in [0, 0.1) is 11.3 Å². The molecule has 1 aromatic carbocycles. The fourth-order valence-electron chi connectivity index (χ4n) is 1.41. The molecule has 0 unspecified atom stereocenters. The number of ether oxygens (including phenoxy) is 2. The number of nitrogens with two attached hydrogens (primary N) is 1. The van der Waals surface area contributed by atoms with Gasteiger partial charge < -0.3 is 15.2 Å². The molecule has 0 aromatic heterocycles. The summed E-state index contributed by atoms with van der Waals surface area (Å²) in [4.78, 5) is 11.3. The van der Waals surface area contributed by atoms with E-state index in [0.717, 1.165) is 19.2 Å². The number of alkyl halides is 3. The number of nitriles is 1. The minimum absolute atomic E-state index is 0.132. The molecule has 0 amide bonds. The van der Waals surface area contributed by atoms with E-state index in [1.165, 1.54) is 0 Å². The minimum Gasteiger partial charge on any atom is -0.465 e. The Morgan fingerprint density at radius 2 is 2.11 bits per heavy atom. The Morgan fingerprint density at radius 1 is 1.47 bits per heavy atom. The van der Waals surface area contributed by atoms with Crippen LogP contribution in [0.3, 0.4) is 0 Å². The molecule has 2 N–H and O–H groups in total. The highest BCUT2D eigenvalue weighted by molar-refractivity contribution is 5.90. The number of benzene rings is 1. The molecule has 0 heterocycles. The Hall–Kier alpha value is -2.27. The first kappa shape index (κ1) is 14.8. The van der Waals surface area contributed by atoms with Crippen molar-refractivity contribution in [2.75, 3.05) is 7.11 Å². The SMILES string of the molecule is COC(=O)c1cc(C#N)c(CN)c(OC(F)(F)F)c1. The lowest BCUT2D eigenvalue weighted by Crippen LogP contribution is -2.20. The zero-order chi connectivity index (χ0) is 14.6. The van der Waals surface area contributed by atoms with Gasteiger partial charge in [0, 0.05) is 12.1 Å². The van der Waals surface area contributed by atoms with Gasteiger partial charge in [-0.15, -0.1) is 13.2 Å². The van der Waals surface area contributed by atoms with Gasteiger partial charge >= 0.3 is 12.3 Å². The zero-order valence-corrected chi connectivity index (χ0v) is 9.75. The topological polar surface area (TPSA) is 85.3 Å². The van der Waals surface area contributed by atoms with Crippen molar-refractivity contribution in [1.82, 2.24) is 0 Å². The minimum atomic E-state index is -4.95. The fourth-order valence-corrected chi connectivity index (χ4v) is 1.41. The van der Waals surface area contributed by atoms with Crippen LogP contribution < -0.4 is 10.5 Å². The van der Waals surface area contributed by atoms with Crippen LogP contribution in [0.2, 0.25) is 0 Å². The van der Waals surface area contributed by atoms with Crippen LogP contribution in [-0.2, 0) is 11.3 Å². The van der Waals surface area contributed by atoms with Crippen molar-refractivity contribution >= 4 is 5.97 Å². The van der Waals surface area contributed by atoms with Gasteiger partial charge in [-0.2, -0.15) is 5.26 Å². The third-order valence-corrected chi connectivity index (χ3v) is 2.18. The molecule has 5 nitrogen and oxygen atoms in total. The molecule has 1 aromatic rings. The number of rotatable bonds is 3. The van der Waals surface area contributed by atoms with E-state index in [1.54, 1.807) is 6.07 Å². The lowest BCUT2D eigenvalue weighted by Gasteiger charge is -2.14. The molecular formula is C11H9F3N2O3. The summed E-state index contributed by atoms with van der Waals surface area (Å²) in [6, 6.07) is 3.59. The van der Waals surface area contributed by atoms with Gasteiger partial charge in [0.25, 0.3) is 0 Å². The molecule has 0 aliphatic rings. The summed E-state index contributed by atoms with van der Waals surface area (Å²) >= 11 is 0. The fraction of sp³-hybridized carbons (Fsp3) is 0.273. The predicted octanol–water partition coefficient (Wildman–Crippen LogP) is 1.70. The molecule has 0 fully saturated rings. The number of hydrogen-bond acceptors (Lipinski definition) is 5. The molecule has 0 saturated carbocycles. The van der Waals surface area contributed by atoms with E-state index in [4.69, 9.17) is 11.0 Å². The molecule has 102 valence electrons. The lowest BCUT2D eigenvalue weighted by molar-refractivity contribution is -0.274. The second-order valence-electron chi connectivity index (χ2n) is 3.36. The summed E-state index contributed by atoms with van der Waals surface area (Å²) in [5.41, 5.74) is 4.76. The molecule has 8 heteroatoms. The second-order valence-corrected chi connectivity index (χ2v) is 3.36. The van der Waals surface area contributed by atoms with E-state index >= 15 is 0 Å². The first-order valence-corrected chi connectivity index (χ1v) is 4.93. The monoisotopic (exact) mass is 274 g/mol. The van der Waals surface area contributed by atoms with Gasteiger partial charge in [-0.05, 0) is 12.1 Å². The average Bonchev–Trinajstić information content (AvgIpc) is 2.34. The number of carbonyl (C=O) groups excluding carboxylic acids is 1. The lowest BCUT2D eigenvalue weighted by atomic mass is 10.0. The van der Waals surface area contributed by atoms with Crippen LogP contribution in [0.1, 0.15) is 21.5 Å². The van der Waals surface area contributed by atoms with Crippen molar-refractivity contribution in [1.29, 1.82) is 5.26 Å². The van der Waals surface area contributed by atoms with Crippen LogP contribution in [0.15, 0.2) is 12.1 Å². The number of halogens is 3. The van der Waals surface area contributed by atoms with Crippen LogP contribution in [0.25, 0.3) is 0 Å². The molecule has 0 bridgehead atoms. The molecule has 19 heavy (non-hydrogen) atoms. The van der Waals surface area contributed by atoms with Crippen molar-refractivity contribution in [2.24, 2.45) is 5.73 Å². The van der Waals surface area contributed by atoms with E-state index in [2.05, 4.69) is 9.47 Å². The van der Waals surface area contributed by atoms with Crippen molar-refractivity contribution in [3.05, 3.63) is 28.8 Å². The highest BCUT2D eigenvalue weighted by Gasteiger charge is 2.33. The Kier molecular flexibility index (Phi) is 4.34. The zero-order valence-electron chi connectivity index (χ0n) is 9.75. The maximum Gasteiger partial charge on any atom is 0.573 e. The van der Waals surface area contributed by atoms with Gasteiger partial charge in [0.15, 0.2) is 0 Å². The Bertz CT molecular complexity index is 535. The molecule has 0 spiro atoms. The van der Waals surface area contributed by atoms with Gasteiger partial charge in [0.05, 0.1) is 24.3 Å². The van der Waals surface area contributed by atoms with Crippen LogP contribution in [0.5, 0.6) is 5.75 Å². The molecule has 0 atom stereocenters. The van der Waals surface area contributed by atoms with Gasteiger partial charge in [0.2, 0.25) is 0 Å². The molecule has 0 aliphatic heterocycles. The normalized spacial score (nSPS) is 10.7. The molecule has 0 aliphatic carbocycles. The largest absolute Gasteiger partial charge is 0.573 e. The summed E-state index contributed by atoms with van der Waals surface area (Å²) in [5, 5.41) is 8.86. The van der Waals surface area contributed by atoms with Crippen LogP contribution in [0.4, 0.5) is 13.2 Å². The smallest absolute Gasteiger partial charge is 0.465 e. The van der Waals surface area contributed by atoms with Gasteiger partial charge in [-0.25, -0.2) is 4.79 Å². The van der Waals surface area contributed by atoms with E-state index in [-0.39, 0.29) is 23.2 Å². The number of hydrogen-bond donors (Lipinski definition) is 1. The first-order valence-electron chi connectivity index (χ1n) is 4.93. The number of nitrogens with zero attached hydrogens (tertiary/aromatic N) is 1. The molecule has 0 saturated heterocycles. The molecular weight excluding hydrogens is 265 g/mol. The van der Waals surface area contributed by atoms with E-state index < -0.39 is 18.1 Å². The third kappa shape index (κ3) is 3.59. The third-order valence-electron chi connectivity index (χ3n) is 2.18. The van der Waals surface area contributed by atoms with E-state index in [1.807, 2.05) is 0 Å². The maximum atomic E-state index is 12.2. The van der Waals surface area contributed by atoms with Gasteiger partial charge in [0.1, 0.15) is 5.75 Å². The van der Waals surface area contributed by atoms with Gasteiger partial charge in [-0.1, -0.05) is 0 Å². The highest BCUT2D eigenvalue weighted by atomic mass is 19.4. The molecule has 0 radical (unpaired) electrons. The van der Waals surface area contributed by atoms with Crippen molar-refractivity contribution < 1.29 is 27.4 Å². The Balaban J connectivity index is 3.41.